The molecule has 0 spiro atoms. The lowest BCUT2D eigenvalue weighted by atomic mass is 9.98. The summed E-state index contributed by atoms with van der Waals surface area (Å²) in [5.74, 6) is -1.06. The summed E-state index contributed by atoms with van der Waals surface area (Å²) in [5, 5.41) is 12.2. The molecule has 0 bridgehead atoms. The van der Waals surface area contributed by atoms with Crippen LogP contribution in [0.1, 0.15) is 46.9 Å². The lowest BCUT2D eigenvalue weighted by Crippen LogP contribution is -2.32. The van der Waals surface area contributed by atoms with E-state index in [0.717, 1.165) is 37.1 Å². The van der Waals surface area contributed by atoms with Crippen molar-refractivity contribution >= 4 is 29.4 Å². The molecule has 27 heavy (non-hydrogen) atoms. The summed E-state index contributed by atoms with van der Waals surface area (Å²) in [5.41, 5.74) is 1.70. The normalized spacial score (nSPS) is 14.8. The molecule has 0 aliphatic carbocycles. The highest BCUT2D eigenvalue weighted by Crippen LogP contribution is 2.24. The van der Waals surface area contributed by atoms with Crippen LogP contribution in [0.3, 0.4) is 0 Å². The average molecular weight is 389 g/mol. The Bertz CT molecular complexity index is 853. The van der Waals surface area contributed by atoms with Crippen molar-refractivity contribution in [2.45, 2.75) is 32.2 Å². The number of hydrogen-bond donors (Lipinski definition) is 2. The van der Waals surface area contributed by atoms with Crippen LogP contribution in [-0.4, -0.2) is 40.0 Å². The molecule has 1 aromatic carbocycles. The van der Waals surface area contributed by atoms with E-state index >= 15 is 0 Å². The second-order valence-corrected chi connectivity index (χ2v) is 6.95. The van der Waals surface area contributed by atoms with Crippen LogP contribution in [-0.2, 0) is 4.79 Å². The summed E-state index contributed by atoms with van der Waals surface area (Å²) in [4.78, 5) is 34.7. The van der Waals surface area contributed by atoms with Gasteiger partial charge in [-0.2, -0.15) is 0 Å². The topological polar surface area (TPSA) is 95.4 Å². The molecule has 2 heterocycles. The highest BCUT2D eigenvalue weighted by atomic mass is 35.5. The number of amides is 1. The maximum atomic E-state index is 12.8. The molecule has 1 saturated heterocycles. The molecular formula is C19H21ClN4O3. The maximum absolute atomic E-state index is 12.8. The van der Waals surface area contributed by atoms with Gasteiger partial charge in [0.2, 0.25) is 5.95 Å². The fraction of sp³-hybridized carbons (Fsp3) is 0.368. The second kappa shape index (κ2) is 8.35. The minimum Gasteiger partial charge on any atom is -0.481 e. The second-order valence-electron chi connectivity index (χ2n) is 6.54. The molecule has 1 fully saturated rings. The monoisotopic (exact) mass is 388 g/mol. The first-order chi connectivity index (χ1) is 13.0. The predicted octanol–water partition coefficient (Wildman–Crippen LogP) is 2.98. The highest BCUT2D eigenvalue weighted by molar-refractivity contribution is 6.33. The minimum atomic E-state index is -1.00. The lowest BCUT2D eigenvalue weighted by Gasteiger charge is -2.20. The number of hydrogen-bond acceptors (Lipinski definition) is 5. The lowest BCUT2D eigenvalue weighted by molar-refractivity contribution is -0.137. The highest BCUT2D eigenvalue weighted by Gasteiger charge is 2.24. The molecule has 1 amide bonds. The fourth-order valence-corrected chi connectivity index (χ4v) is 3.38. The van der Waals surface area contributed by atoms with Gasteiger partial charge in [0.1, 0.15) is 0 Å². The van der Waals surface area contributed by atoms with E-state index in [1.54, 1.807) is 6.07 Å². The van der Waals surface area contributed by atoms with Gasteiger partial charge in [-0.1, -0.05) is 35.9 Å². The molecule has 1 aromatic heterocycles. The van der Waals surface area contributed by atoms with Crippen LogP contribution in [0.2, 0.25) is 5.02 Å². The zero-order valence-electron chi connectivity index (χ0n) is 15.0. The SMILES string of the molecule is Cc1ccccc1[C@H](CC(=O)O)NC(=O)c1nc(N2CCCC2)ncc1Cl. The quantitative estimate of drug-likeness (QED) is 0.789. The largest absolute Gasteiger partial charge is 0.481 e. The number of carbonyl (C=O) groups excluding carboxylic acids is 1. The van der Waals surface area contributed by atoms with Crippen molar-refractivity contribution in [3.63, 3.8) is 0 Å². The molecular weight excluding hydrogens is 368 g/mol. The summed E-state index contributed by atoms with van der Waals surface area (Å²) < 4.78 is 0. The van der Waals surface area contributed by atoms with Crippen molar-refractivity contribution in [3.05, 3.63) is 52.3 Å². The van der Waals surface area contributed by atoms with E-state index in [0.29, 0.717) is 5.95 Å². The Kier molecular flexibility index (Phi) is 5.91. The van der Waals surface area contributed by atoms with Gasteiger partial charge >= 0.3 is 5.97 Å². The van der Waals surface area contributed by atoms with Gasteiger partial charge in [-0.3, -0.25) is 9.59 Å². The van der Waals surface area contributed by atoms with Gasteiger partial charge in [0, 0.05) is 13.1 Å². The van der Waals surface area contributed by atoms with Crippen LogP contribution in [0.4, 0.5) is 5.95 Å². The summed E-state index contributed by atoms with van der Waals surface area (Å²) in [6.45, 7) is 3.56. The number of nitrogens with zero attached hydrogens (tertiary/aromatic N) is 3. The molecule has 3 rings (SSSR count). The molecule has 0 saturated carbocycles. The Balaban J connectivity index is 1.86. The minimum absolute atomic E-state index is 0.0533. The smallest absolute Gasteiger partial charge is 0.305 e. The first-order valence-electron chi connectivity index (χ1n) is 8.81. The summed E-state index contributed by atoms with van der Waals surface area (Å²) >= 11 is 6.14. The first-order valence-corrected chi connectivity index (χ1v) is 9.19. The van der Waals surface area contributed by atoms with E-state index in [2.05, 4.69) is 15.3 Å². The van der Waals surface area contributed by atoms with Crippen LogP contribution in [0.5, 0.6) is 0 Å². The van der Waals surface area contributed by atoms with Crippen LogP contribution < -0.4 is 10.2 Å². The van der Waals surface area contributed by atoms with Crippen molar-refractivity contribution in [2.24, 2.45) is 0 Å². The Labute approximate surface area is 162 Å². The number of aromatic nitrogens is 2. The number of nitrogens with one attached hydrogen (secondary N) is 1. The van der Waals surface area contributed by atoms with Crippen molar-refractivity contribution < 1.29 is 14.7 Å². The van der Waals surface area contributed by atoms with Gasteiger partial charge in [0.15, 0.2) is 5.69 Å². The van der Waals surface area contributed by atoms with Gasteiger partial charge in [0.25, 0.3) is 5.91 Å². The first kappa shape index (κ1) is 19.1. The van der Waals surface area contributed by atoms with E-state index in [-0.39, 0.29) is 17.1 Å². The van der Waals surface area contributed by atoms with Crippen LogP contribution in [0.15, 0.2) is 30.5 Å². The Morgan fingerprint density at radius 1 is 1.30 bits per heavy atom. The molecule has 2 aromatic rings. The van der Waals surface area contributed by atoms with E-state index < -0.39 is 17.9 Å². The Morgan fingerprint density at radius 2 is 2.00 bits per heavy atom. The number of rotatable bonds is 6. The molecule has 2 N–H and O–H groups in total. The summed E-state index contributed by atoms with van der Waals surface area (Å²) in [6, 6.07) is 6.67. The van der Waals surface area contributed by atoms with Gasteiger partial charge in [0.05, 0.1) is 23.7 Å². The fourth-order valence-electron chi connectivity index (χ4n) is 3.20. The third-order valence-electron chi connectivity index (χ3n) is 4.58. The molecule has 1 aliphatic heterocycles. The number of halogens is 1. The standard InChI is InChI=1S/C19H21ClN4O3/c1-12-6-2-3-7-13(12)15(10-16(25)26)22-18(27)17-14(20)11-21-19(23-17)24-8-4-5-9-24/h2-3,6-7,11,15H,4-5,8-10H2,1H3,(H,22,27)(H,25,26)/t15-/m0/s1. The van der Waals surface area contributed by atoms with Gasteiger partial charge in [-0.15, -0.1) is 0 Å². The van der Waals surface area contributed by atoms with Crippen molar-refractivity contribution in [2.75, 3.05) is 18.0 Å². The molecule has 8 heteroatoms. The zero-order valence-corrected chi connectivity index (χ0v) is 15.7. The molecule has 7 nitrogen and oxygen atoms in total. The number of carboxylic acid groups (broad SMARTS) is 1. The predicted molar refractivity (Wildman–Crippen MR) is 102 cm³/mol. The molecule has 1 aliphatic rings. The average Bonchev–Trinajstić information content (AvgIpc) is 3.16. The number of carbonyl (C=O) groups is 2. The van der Waals surface area contributed by atoms with Gasteiger partial charge in [-0.25, -0.2) is 9.97 Å². The molecule has 0 radical (unpaired) electrons. The van der Waals surface area contributed by atoms with E-state index in [4.69, 9.17) is 11.6 Å². The van der Waals surface area contributed by atoms with Crippen molar-refractivity contribution in [1.29, 1.82) is 0 Å². The number of carboxylic acids is 1. The summed E-state index contributed by atoms with van der Waals surface area (Å²) in [7, 11) is 0. The van der Waals surface area contributed by atoms with Crippen LogP contribution in [0.25, 0.3) is 0 Å². The Hall–Kier alpha value is -2.67. The molecule has 0 unspecified atom stereocenters. The third kappa shape index (κ3) is 4.54. The molecule has 1 atom stereocenters. The van der Waals surface area contributed by atoms with Gasteiger partial charge < -0.3 is 15.3 Å². The zero-order chi connectivity index (χ0) is 19.4. The maximum Gasteiger partial charge on any atom is 0.305 e. The van der Waals surface area contributed by atoms with E-state index in [9.17, 15) is 14.7 Å². The number of aryl methyl sites for hydroxylation is 1. The number of anilines is 1. The van der Waals surface area contributed by atoms with Crippen molar-refractivity contribution in [3.8, 4) is 0 Å². The van der Waals surface area contributed by atoms with Crippen LogP contribution in [0, 0.1) is 6.92 Å². The van der Waals surface area contributed by atoms with Gasteiger partial charge in [-0.05, 0) is 30.9 Å². The van der Waals surface area contributed by atoms with Crippen molar-refractivity contribution in [1.82, 2.24) is 15.3 Å². The summed E-state index contributed by atoms with van der Waals surface area (Å²) in [6.07, 6.45) is 3.29. The number of benzene rings is 1. The Morgan fingerprint density at radius 3 is 2.67 bits per heavy atom. The molecule has 142 valence electrons. The third-order valence-corrected chi connectivity index (χ3v) is 4.86. The van der Waals surface area contributed by atoms with E-state index in [1.165, 1.54) is 6.20 Å². The number of aliphatic carboxylic acids is 1. The van der Waals surface area contributed by atoms with Crippen LogP contribution >= 0.6 is 11.6 Å². The van der Waals surface area contributed by atoms with E-state index in [1.807, 2.05) is 30.0 Å².